The smallest absolute Gasteiger partial charge is 0.302 e. The van der Waals surface area contributed by atoms with Crippen LogP contribution in [0.2, 0.25) is 0 Å². The second kappa shape index (κ2) is 23.3. The highest BCUT2D eigenvalue weighted by molar-refractivity contribution is 5.65. The molecule has 0 bridgehead atoms. The number of esters is 1. The first-order chi connectivity index (χ1) is 7.10. The lowest BCUT2D eigenvalue weighted by atomic mass is 10.8. The van der Waals surface area contributed by atoms with Crippen LogP contribution in [0.4, 0.5) is 0 Å². The molecular formula is C10H24O5. The third kappa shape index (κ3) is 60.1. The van der Waals surface area contributed by atoms with Crippen molar-refractivity contribution in [2.75, 3.05) is 33.0 Å². The Labute approximate surface area is 92.0 Å². The van der Waals surface area contributed by atoms with Gasteiger partial charge in [-0.1, -0.05) is 0 Å². The molecule has 0 aromatic heterocycles. The molecule has 0 heterocycles. The zero-order valence-electron chi connectivity index (χ0n) is 10.2. The third-order valence-electron chi connectivity index (χ3n) is 0.856. The number of aliphatic hydroxyl groups excluding tert-OH is 2. The van der Waals surface area contributed by atoms with Crippen molar-refractivity contribution in [2.24, 2.45) is 0 Å². The van der Waals surface area contributed by atoms with Crippen LogP contribution in [0.25, 0.3) is 0 Å². The minimum Gasteiger partial charge on any atom is -0.466 e. The number of ether oxygens (including phenoxy) is 2. The van der Waals surface area contributed by atoms with Crippen LogP contribution in [-0.4, -0.2) is 49.2 Å². The molecule has 0 amide bonds. The molecule has 0 aromatic rings. The van der Waals surface area contributed by atoms with Crippen LogP contribution in [0, 0.1) is 0 Å². The van der Waals surface area contributed by atoms with Crippen molar-refractivity contribution in [3.63, 3.8) is 0 Å². The molecule has 0 saturated heterocycles. The van der Waals surface area contributed by atoms with Gasteiger partial charge in [0, 0.05) is 20.1 Å². The van der Waals surface area contributed by atoms with E-state index in [2.05, 4.69) is 4.74 Å². The molecule has 0 aliphatic rings. The molecule has 0 aliphatic carbocycles. The van der Waals surface area contributed by atoms with Crippen LogP contribution in [0.15, 0.2) is 0 Å². The summed E-state index contributed by atoms with van der Waals surface area (Å²) in [4.78, 5) is 9.82. The average Bonchev–Trinajstić information content (AvgIpc) is 2.20. The Morgan fingerprint density at radius 2 is 1.40 bits per heavy atom. The van der Waals surface area contributed by atoms with Crippen LogP contribution in [0.1, 0.15) is 27.7 Å². The fourth-order valence-electron chi connectivity index (χ4n) is 0.407. The van der Waals surface area contributed by atoms with E-state index in [9.17, 15) is 4.79 Å². The van der Waals surface area contributed by atoms with Crippen LogP contribution in [0.3, 0.4) is 0 Å². The minimum absolute atomic E-state index is 0.125. The van der Waals surface area contributed by atoms with Gasteiger partial charge in [0.15, 0.2) is 0 Å². The van der Waals surface area contributed by atoms with Crippen molar-refractivity contribution in [3.05, 3.63) is 0 Å². The molecule has 0 radical (unpaired) electrons. The van der Waals surface area contributed by atoms with Gasteiger partial charge in [-0.2, -0.15) is 0 Å². The number of hydrogen-bond donors (Lipinski definition) is 2. The Morgan fingerprint density at radius 1 is 1.00 bits per heavy atom. The molecule has 0 aromatic carbocycles. The fourth-order valence-corrected chi connectivity index (χ4v) is 0.407. The molecule has 0 rings (SSSR count). The standard InChI is InChI=1S/C4H8O2.C4H10O.C2H6O2/c1-3-6-4(2)5;1-3-5-4-2;3-1-2-4/h3H2,1-2H3;3-4H2,1-2H3;3-4H,1-2H2. The number of aliphatic hydroxyl groups is 2. The first-order valence-corrected chi connectivity index (χ1v) is 5.03. The Bertz CT molecular complexity index is 102. The van der Waals surface area contributed by atoms with E-state index in [1.165, 1.54) is 6.92 Å². The summed E-state index contributed by atoms with van der Waals surface area (Å²) < 4.78 is 9.24. The summed E-state index contributed by atoms with van der Waals surface area (Å²) in [6.07, 6.45) is 0. The van der Waals surface area contributed by atoms with E-state index < -0.39 is 0 Å². The van der Waals surface area contributed by atoms with Gasteiger partial charge < -0.3 is 19.7 Å². The zero-order chi connectivity index (χ0) is 12.5. The van der Waals surface area contributed by atoms with E-state index in [4.69, 9.17) is 14.9 Å². The second-order valence-electron chi connectivity index (χ2n) is 2.15. The molecule has 5 nitrogen and oxygen atoms in total. The lowest BCUT2D eigenvalue weighted by molar-refractivity contribution is -0.140. The lowest BCUT2D eigenvalue weighted by Gasteiger charge is -1.89. The number of hydrogen-bond acceptors (Lipinski definition) is 5. The van der Waals surface area contributed by atoms with E-state index in [1.807, 2.05) is 13.8 Å². The van der Waals surface area contributed by atoms with Crippen molar-refractivity contribution in [1.29, 1.82) is 0 Å². The fraction of sp³-hybridized carbons (Fsp3) is 0.900. The maximum absolute atomic E-state index is 9.82. The first kappa shape index (κ1) is 19.9. The van der Waals surface area contributed by atoms with Gasteiger partial charge in [-0.15, -0.1) is 0 Å². The molecule has 94 valence electrons. The summed E-state index contributed by atoms with van der Waals surface area (Å²) >= 11 is 0. The van der Waals surface area contributed by atoms with Crippen molar-refractivity contribution in [1.82, 2.24) is 0 Å². The van der Waals surface area contributed by atoms with Gasteiger partial charge >= 0.3 is 5.97 Å². The molecule has 0 fully saturated rings. The highest BCUT2D eigenvalue weighted by Gasteiger charge is 1.81. The Balaban J connectivity index is -0.000000147. The quantitative estimate of drug-likeness (QED) is 0.683. The van der Waals surface area contributed by atoms with Crippen molar-refractivity contribution in [2.45, 2.75) is 27.7 Å². The largest absolute Gasteiger partial charge is 0.466 e. The van der Waals surface area contributed by atoms with Gasteiger partial charge in [0.1, 0.15) is 0 Å². The maximum Gasteiger partial charge on any atom is 0.302 e. The van der Waals surface area contributed by atoms with Crippen LogP contribution in [0.5, 0.6) is 0 Å². The zero-order valence-corrected chi connectivity index (χ0v) is 10.2. The van der Waals surface area contributed by atoms with Crippen molar-refractivity contribution in [3.8, 4) is 0 Å². The van der Waals surface area contributed by atoms with E-state index in [1.54, 1.807) is 6.92 Å². The molecule has 0 atom stereocenters. The molecule has 0 spiro atoms. The molecular weight excluding hydrogens is 200 g/mol. The summed E-state index contributed by atoms with van der Waals surface area (Å²) in [7, 11) is 0. The number of carbonyl (C=O) groups is 1. The van der Waals surface area contributed by atoms with Crippen LogP contribution < -0.4 is 0 Å². The summed E-state index contributed by atoms with van der Waals surface area (Å²) in [5, 5.41) is 15.2. The monoisotopic (exact) mass is 224 g/mol. The number of carbonyl (C=O) groups excluding carboxylic acids is 1. The second-order valence-corrected chi connectivity index (χ2v) is 2.15. The third-order valence-corrected chi connectivity index (χ3v) is 0.856. The van der Waals surface area contributed by atoms with Crippen LogP contribution in [-0.2, 0) is 14.3 Å². The van der Waals surface area contributed by atoms with Gasteiger partial charge in [-0.25, -0.2) is 0 Å². The molecule has 0 aliphatic heterocycles. The van der Waals surface area contributed by atoms with Crippen molar-refractivity contribution >= 4 is 5.97 Å². The summed E-state index contributed by atoms with van der Waals surface area (Å²) in [5.74, 6) is -0.211. The summed E-state index contributed by atoms with van der Waals surface area (Å²) in [6, 6.07) is 0. The van der Waals surface area contributed by atoms with E-state index in [0.717, 1.165) is 13.2 Å². The van der Waals surface area contributed by atoms with Gasteiger partial charge in [0.2, 0.25) is 0 Å². The highest BCUT2D eigenvalue weighted by atomic mass is 16.5. The molecule has 2 N–H and O–H groups in total. The SMILES string of the molecule is CCOC(C)=O.CCOCC.OCCO. The lowest BCUT2D eigenvalue weighted by Crippen LogP contribution is -1.95. The van der Waals surface area contributed by atoms with E-state index >= 15 is 0 Å². The molecule has 5 heteroatoms. The number of rotatable bonds is 4. The van der Waals surface area contributed by atoms with Gasteiger partial charge in [0.25, 0.3) is 0 Å². The van der Waals surface area contributed by atoms with E-state index in [-0.39, 0.29) is 19.2 Å². The van der Waals surface area contributed by atoms with E-state index in [0.29, 0.717) is 6.61 Å². The van der Waals surface area contributed by atoms with Crippen molar-refractivity contribution < 1.29 is 24.5 Å². The molecule has 0 unspecified atom stereocenters. The average molecular weight is 224 g/mol. The Kier molecular flexibility index (Phi) is 30.8. The topological polar surface area (TPSA) is 76.0 Å². The Morgan fingerprint density at radius 3 is 1.40 bits per heavy atom. The molecule has 0 saturated carbocycles. The highest BCUT2D eigenvalue weighted by Crippen LogP contribution is 1.69. The van der Waals surface area contributed by atoms with Crippen LogP contribution >= 0.6 is 0 Å². The Hall–Kier alpha value is -0.650. The van der Waals surface area contributed by atoms with Gasteiger partial charge in [0.05, 0.1) is 19.8 Å². The predicted octanol–water partition coefficient (Wildman–Crippen LogP) is 0.583. The summed E-state index contributed by atoms with van der Waals surface area (Å²) in [6.45, 7) is 9.07. The minimum atomic E-state index is -0.211. The predicted molar refractivity (Wildman–Crippen MR) is 58.6 cm³/mol. The molecule has 15 heavy (non-hydrogen) atoms. The first-order valence-electron chi connectivity index (χ1n) is 5.03. The van der Waals surface area contributed by atoms with Gasteiger partial charge in [-0.05, 0) is 20.8 Å². The maximum atomic E-state index is 9.82. The summed E-state index contributed by atoms with van der Waals surface area (Å²) in [5.41, 5.74) is 0. The normalized spacial score (nSPS) is 7.87. The van der Waals surface area contributed by atoms with Gasteiger partial charge in [-0.3, -0.25) is 4.79 Å².